The molecule has 2 aromatic carbocycles. The standard InChI is InChI=1S/C17H22OS/c1-2-14(13-19)12-18-10-9-15-7-8-16-5-3-4-6-17(16)11-15/h3-8,11,14,19H,2,9-10,12-13H2,1H3. The van der Waals surface area contributed by atoms with Gasteiger partial charge in [0.05, 0.1) is 13.2 Å². The van der Waals surface area contributed by atoms with Crippen LogP contribution in [0.5, 0.6) is 0 Å². The van der Waals surface area contributed by atoms with Crippen molar-refractivity contribution in [2.45, 2.75) is 19.8 Å². The quantitative estimate of drug-likeness (QED) is 0.583. The van der Waals surface area contributed by atoms with E-state index < -0.39 is 0 Å². The molecule has 0 saturated carbocycles. The molecule has 0 radical (unpaired) electrons. The highest BCUT2D eigenvalue weighted by Crippen LogP contribution is 2.16. The van der Waals surface area contributed by atoms with Gasteiger partial charge in [0, 0.05) is 0 Å². The van der Waals surface area contributed by atoms with Crippen molar-refractivity contribution in [3.8, 4) is 0 Å². The van der Waals surface area contributed by atoms with Gasteiger partial charge in [0.15, 0.2) is 0 Å². The fourth-order valence-corrected chi connectivity index (χ4v) is 2.50. The van der Waals surface area contributed by atoms with Crippen molar-refractivity contribution < 1.29 is 4.74 Å². The minimum Gasteiger partial charge on any atom is -0.381 e. The van der Waals surface area contributed by atoms with Crippen molar-refractivity contribution in [3.05, 3.63) is 48.0 Å². The second-order valence-corrected chi connectivity index (χ2v) is 5.33. The molecule has 1 atom stereocenters. The normalized spacial score (nSPS) is 12.7. The highest BCUT2D eigenvalue weighted by Gasteiger charge is 2.03. The highest BCUT2D eigenvalue weighted by atomic mass is 32.1. The summed E-state index contributed by atoms with van der Waals surface area (Å²) in [5, 5.41) is 2.61. The van der Waals surface area contributed by atoms with Gasteiger partial charge >= 0.3 is 0 Å². The maximum absolute atomic E-state index is 5.74. The van der Waals surface area contributed by atoms with Crippen LogP contribution in [0.2, 0.25) is 0 Å². The van der Waals surface area contributed by atoms with Crippen molar-refractivity contribution in [2.24, 2.45) is 5.92 Å². The number of thiol groups is 1. The van der Waals surface area contributed by atoms with E-state index in [1.807, 2.05) is 0 Å². The summed E-state index contributed by atoms with van der Waals surface area (Å²) in [5.41, 5.74) is 1.35. The van der Waals surface area contributed by atoms with Gasteiger partial charge in [-0.05, 0) is 34.4 Å². The van der Waals surface area contributed by atoms with E-state index in [4.69, 9.17) is 4.74 Å². The van der Waals surface area contributed by atoms with Crippen molar-refractivity contribution in [1.82, 2.24) is 0 Å². The lowest BCUT2D eigenvalue weighted by Crippen LogP contribution is -2.11. The Balaban J connectivity index is 1.84. The largest absolute Gasteiger partial charge is 0.381 e. The number of rotatable bonds is 7. The number of hydrogen-bond donors (Lipinski definition) is 1. The SMILES string of the molecule is CCC(CS)COCCc1ccc2ccccc2c1. The predicted molar refractivity (Wildman–Crippen MR) is 86.1 cm³/mol. The van der Waals surface area contributed by atoms with Crippen LogP contribution >= 0.6 is 12.6 Å². The monoisotopic (exact) mass is 274 g/mol. The third-order valence-corrected chi connectivity index (χ3v) is 4.05. The first-order chi connectivity index (χ1) is 9.33. The molecule has 0 fully saturated rings. The maximum atomic E-state index is 5.74. The molecule has 2 aromatic rings. The topological polar surface area (TPSA) is 9.23 Å². The fourth-order valence-electron chi connectivity index (χ4n) is 2.13. The molecule has 19 heavy (non-hydrogen) atoms. The number of fused-ring (bicyclic) bond motifs is 1. The zero-order valence-corrected chi connectivity index (χ0v) is 12.4. The number of ether oxygens (including phenoxy) is 1. The molecule has 2 heteroatoms. The van der Waals surface area contributed by atoms with Gasteiger partial charge in [-0.1, -0.05) is 55.8 Å². The summed E-state index contributed by atoms with van der Waals surface area (Å²) in [7, 11) is 0. The van der Waals surface area contributed by atoms with Gasteiger partial charge in [-0.25, -0.2) is 0 Å². The lowest BCUT2D eigenvalue weighted by molar-refractivity contribution is 0.108. The summed E-state index contributed by atoms with van der Waals surface area (Å²) in [5.74, 6) is 1.49. The zero-order chi connectivity index (χ0) is 13.5. The summed E-state index contributed by atoms with van der Waals surface area (Å²) in [6.07, 6.45) is 2.12. The van der Waals surface area contributed by atoms with Crippen LogP contribution in [0.25, 0.3) is 10.8 Å². The molecular formula is C17H22OS. The summed E-state index contributed by atoms with van der Waals surface area (Å²) in [4.78, 5) is 0. The van der Waals surface area contributed by atoms with Crippen LogP contribution in [0.1, 0.15) is 18.9 Å². The van der Waals surface area contributed by atoms with Gasteiger partial charge in [0.2, 0.25) is 0 Å². The molecule has 1 unspecified atom stereocenters. The Labute approximate surface area is 121 Å². The lowest BCUT2D eigenvalue weighted by atomic mass is 10.1. The zero-order valence-electron chi connectivity index (χ0n) is 11.5. The molecule has 0 aliphatic rings. The van der Waals surface area contributed by atoms with Gasteiger partial charge in [0.1, 0.15) is 0 Å². The van der Waals surface area contributed by atoms with E-state index in [-0.39, 0.29) is 0 Å². The van der Waals surface area contributed by atoms with Gasteiger partial charge in [-0.15, -0.1) is 0 Å². The van der Waals surface area contributed by atoms with E-state index in [0.29, 0.717) is 5.92 Å². The second kappa shape index (κ2) is 7.56. The average Bonchev–Trinajstić information content (AvgIpc) is 2.47. The average molecular weight is 274 g/mol. The van der Waals surface area contributed by atoms with Crippen LogP contribution in [0, 0.1) is 5.92 Å². The van der Waals surface area contributed by atoms with Gasteiger partial charge in [0.25, 0.3) is 0 Å². The Hall–Kier alpha value is -0.990. The molecule has 0 aromatic heterocycles. The van der Waals surface area contributed by atoms with Crippen molar-refractivity contribution in [3.63, 3.8) is 0 Å². The lowest BCUT2D eigenvalue weighted by Gasteiger charge is -2.12. The van der Waals surface area contributed by atoms with Crippen molar-refractivity contribution in [1.29, 1.82) is 0 Å². The summed E-state index contributed by atoms with van der Waals surface area (Å²) < 4.78 is 5.74. The van der Waals surface area contributed by atoms with Crippen molar-refractivity contribution in [2.75, 3.05) is 19.0 Å². The van der Waals surface area contributed by atoms with Gasteiger partial charge < -0.3 is 4.74 Å². The smallest absolute Gasteiger partial charge is 0.0506 e. The van der Waals surface area contributed by atoms with E-state index in [2.05, 4.69) is 62.0 Å². The Morgan fingerprint density at radius 3 is 2.63 bits per heavy atom. The van der Waals surface area contributed by atoms with Gasteiger partial charge in [-0.2, -0.15) is 12.6 Å². The molecule has 0 amide bonds. The highest BCUT2D eigenvalue weighted by molar-refractivity contribution is 7.80. The molecule has 1 nitrogen and oxygen atoms in total. The Kier molecular flexibility index (Phi) is 5.74. The Bertz CT molecular complexity index is 505. The van der Waals surface area contributed by atoms with Crippen LogP contribution in [0.4, 0.5) is 0 Å². The third kappa shape index (κ3) is 4.26. The summed E-state index contributed by atoms with van der Waals surface area (Å²) in [6, 6.07) is 15.1. The fraction of sp³-hybridized carbons (Fsp3) is 0.412. The minimum absolute atomic E-state index is 0.583. The molecule has 0 N–H and O–H groups in total. The molecule has 0 saturated heterocycles. The molecule has 0 spiro atoms. The van der Waals surface area contributed by atoms with Crippen LogP contribution in [-0.2, 0) is 11.2 Å². The van der Waals surface area contributed by atoms with E-state index >= 15 is 0 Å². The molecular weight excluding hydrogens is 252 g/mol. The van der Waals surface area contributed by atoms with Gasteiger partial charge in [-0.3, -0.25) is 0 Å². The van der Waals surface area contributed by atoms with Crippen LogP contribution in [-0.4, -0.2) is 19.0 Å². The maximum Gasteiger partial charge on any atom is 0.0506 e. The Morgan fingerprint density at radius 2 is 1.89 bits per heavy atom. The first kappa shape index (κ1) is 14.4. The molecule has 0 aliphatic heterocycles. The molecule has 0 bridgehead atoms. The Morgan fingerprint density at radius 1 is 1.11 bits per heavy atom. The minimum atomic E-state index is 0.583. The summed E-state index contributed by atoms with van der Waals surface area (Å²) in [6.45, 7) is 3.81. The number of hydrogen-bond acceptors (Lipinski definition) is 2. The molecule has 0 heterocycles. The van der Waals surface area contributed by atoms with E-state index in [1.165, 1.54) is 16.3 Å². The second-order valence-electron chi connectivity index (χ2n) is 4.96. The third-order valence-electron chi connectivity index (χ3n) is 3.54. The first-order valence-corrected chi connectivity index (χ1v) is 7.63. The molecule has 2 rings (SSSR count). The number of benzene rings is 2. The van der Waals surface area contributed by atoms with Crippen LogP contribution < -0.4 is 0 Å². The van der Waals surface area contributed by atoms with E-state index in [1.54, 1.807) is 0 Å². The van der Waals surface area contributed by atoms with Crippen molar-refractivity contribution >= 4 is 23.4 Å². The van der Waals surface area contributed by atoms with E-state index in [9.17, 15) is 0 Å². The van der Waals surface area contributed by atoms with E-state index in [0.717, 1.165) is 31.8 Å². The summed E-state index contributed by atoms with van der Waals surface area (Å²) >= 11 is 4.33. The molecule has 0 aliphatic carbocycles. The first-order valence-electron chi connectivity index (χ1n) is 6.99. The molecule has 102 valence electrons. The van der Waals surface area contributed by atoms with Crippen LogP contribution in [0.15, 0.2) is 42.5 Å². The van der Waals surface area contributed by atoms with Crippen LogP contribution in [0.3, 0.4) is 0 Å². The predicted octanol–water partition coefficient (Wildman–Crippen LogP) is 4.35.